The van der Waals surface area contributed by atoms with Crippen molar-refractivity contribution in [3.8, 4) is 11.8 Å². The van der Waals surface area contributed by atoms with Crippen molar-refractivity contribution in [2.24, 2.45) is 0 Å². The Morgan fingerprint density at radius 2 is 1.64 bits per heavy atom. The van der Waals surface area contributed by atoms with Gasteiger partial charge >= 0.3 is 5.97 Å². The van der Waals surface area contributed by atoms with E-state index in [9.17, 15) is 14.9 Å². The number of carbonyl (C=O) groups excluding carboxylic acids is 2. The smallest absolute Gasteiger partial charge is 0.337 e. The van der Waals surface area contributed by atoms with Gasteiger partial charge in [-0.05, 0) is 53.5 Å². The van der Waals surface area contributed by atoms with E-state index in [1.54, 1.807) is 54.6 Å². The highest BCUT2D eigenvalue weighted by Crippen LogP contribution is 2.17. The molecule has 1 amide bonds. The van der Waals surface area contributed by atoms with Gasteiger partial charge in [-0.3, -0.25) is 4.79 Å². The number of rotatable bonds is 9. The van der Waals surface area contributed by atoms with Gasteiger partial charge in [0, 0.05) is 6.54 Å². The number of methoxy groups -OCH3 is 1. The zero-order chi connectivity index (χ0) is 23.5. The first-order chi connectivity index (χ1) is 16.1. The van der Waals surface area contributed by atoms with Gasteiger partial charge in [0.05, 0.1) is 12.7 Å². The summed E-state index contributed by atoms with van der Waals surface area (Å²) >= 11 is 0. The molecule has 6 heteroatoms. The number of nitriles is 1. The zero-order valence-corrected chi connectivity index (χ0v) is 18.3. The van der Waals surface area contributed by atoms with Gasteiger partial charge in [-0.25, -0.2) is 4.79 Å². The Kier molecular flexibility index (Phi) is 8.38. The van der Waals surface area contributed by atoms with E-state index in [0.29, 0.717) is 30.9 Å². The predicted molar refractivity (Wildman–Crippen MR) is 125 cm³/mol. The lowest BCUT2D eigenvalue weighted by Crippen LogP contribution is -2.26. The molecule has 0 saturated heterocycles. The molecular formula is C27H24N2O4. The largest absolute Gasteiger partial charge is 0.489 e. The normalized spacial score (nSPS) is 10.7. The average Bonchev–Trinajstić information content (AvgIpc) is 2.87. The number of nitrogens with zero attached hydrogens (tertiary/aromatic N) is 1. The first-order valence-corrected chi connectivity index (χ1v) is 10.4. The molecular weight excluding hydrogens is 416 g/mol. The third-order valence-corrected chi connectivity index (χ3v) is 4.88. The Morgan fingerprint density at radius 1 is 0.939 bits per heavy atom. The van der Waals surface area contributed by atoms with E-state index in [2.05, 4.69) is 10.1 Å². The standard InChI is InChI=1S/C27H24N2O4/c1-32-27(31)23-11-7-22(8-12-23)19-33-25-13-9-21(10-14-25)17-24(18-28)26(30)29-16-15-20-5-3-2-4-6-20/h2-14,17H,15-16,19H2,1H3,(H,29,30)/b24-17+. The van der Waals surface area contributed by atoms with Crippen LogP contribution in [0, 0.1) is 11.3 Å². The molecule has 0 heterocycles. The third kappa shape index (κ3) is 7.08. The number of benzene rings is 3. The number of hydrogen-bond donors (Lipinski definition) is 1. The van der Waals surface area contributed by atoms with Crippen LogP contribution < -0.4 is 10.1 Å². The van der Waals surface area contributed by atoms with Crippen LogP contribution in [0.3, 0.4) is 0 Å². The molecule has 0 saturated carbocycles. The molecule has 1 N–H and O–H groups in total. The predicted octanol–water partition coefficient (Wildman–Crippen LogP) is 4.32. The monoisotopic (exact) mass is 440 g/mol. The second kappa shape index (κ2) is 11.9. The molecule has 33 heavy (non-hydrogen) atoms. The summed E-state index contributed by atoms with van der Waals surface area (Å²) in [6.45, 7) is 0.791. The van der Waals surface area contributed by atoms with Gasteiger partial charge in [0.15, 0.2) is 0 Å². The second-order valence-electron chi connectivity index (χ2n) is 7.21. The molecule has 3 rings (SSSR count). The molecule has 0 unspecified atom stereocenters. The summed E-state index contributed by atoms with van der Waals surface area (Å²) in [7, 11) is 1.34. The molecule has 0 radical (unpaired) electrons. The van der Waals surface area contributed by atoms with Crippen molar-refractivity contribution in [2.75, 3.05) is 13.7 Å². The van der Waals surface area contributed by atoms with Crippen molar-refractivity contribution in [2.45, 2.75) is 13.0 Å². The summed E-state index contributed by atoms with van der Waals surface area (Å²) in [4.78, 5) is 23.8. The molecule has 0 atom stereocenters. The maximum absolute atomic E-state index is 12.3. The minimum absolute atomic E-state index is 0.0439. The van der Waals surface area contributed by atoms with Gasteiger partial charge in [-0.15, -0.1) is 0 Å². The van der Waals surface area contributed by atoms with Crippen molar-refractivity contribution in [3.63, 3.8) is 0 Å². The molecule has 0 aliphatic heterocycles. The molecule has 0 bridgehead atoms. The van der Waals surface area contributed by atoms with E-state index in [4.69, 9.17) is 4.74 Å². The van der Waals surface area contributed by atoms with Gasteiger partial charge in [-0.1, -0.05) is 54.6 Å². The van der Waals surface area contributed by atoms with Gasteiger partial charge < -0.3 is 14.8 Å². The van der Waals surface area contributed by atoms with E-state index in [1.165, 1.54) is 7.11 Å². The number of esters is 1. The van der Waals surface area contributed by atoms with Crippen molar-refractivity contribution < 1.29 is 19.1 Å². The number of hydrogen-bond acceptors (Lipinski definition) is 5. The van der Waals surface area contributed by atoms with Crippen LogP contribution in [-0.2, 0) is 22.6 Å². The van der Waals surface area contributed by atoms with Crippen LogP contribution >= 0.6 is 0 Å². The third-order valence-electron chi connectivity index (χ3n) is 4.88. The van der Waals surface area contributed by atoms with Gasteiger partial charge in [0.2, 0.25) is 0 Å². The van der Waals surface area contributed by atoms with Crippen LogP contribution in [0.5, 0.6) is 5.75 Å². The summed E-state index contributed by atoms with van der Waals surface area (Å²) in [5.41, 5.74) is 3.28. The fourth-order valence-corrected chi connectivity index (χ4v) is 3.06. The highest BCUT2D eigenvalue weighted by atomic mass is 16.5. The van der Waals surface area contributed by atoms with E-state index in [0.717, 1.165) is 16.7 Å². The Morgan fingerprint density at radius 3 is 2.27 bits per heavy atom. The fraction of sp³-hybridized carbons (Fsp3) is 0.148. The molecule has 0 aliphatic carbocycles. The summed E-state index contributed by atoms with van der Waals surface area (Å²) in [5, 5.41) is 12.2. The maximum Gasteiger partial charge on any atom is 0.337 e. The first kappa shape index (κ1) is 23.3. The lowest BCUT2D eigenvalue weighted by molar-refractivity contribution is -0.117. The maximum atomic E-state index is 12.3. The van der Waals surface area contributed by atoms with Gasteiger partial charge in [0.25, 0.3) is 5.91 Å². The van der Waals surface area contributed by atoms with Crippen LogP contribution in [0.15, 0.2) is 84.4 Å². The molecule has 0 fully saturated rings. The Bertz CT molecular complexity index is 1150. The van der Waals surface area contributed by atoms with Crippen molar-refractivity contribution in [1.82, 2.24) is 5.32 Å². The Labute approximate surface area is 193 Å². The summed E-state index contributed by atoms with van der Waals surface area (Å²) in [6, 6.07) is 25.9. The van der Waals surface area contributed by atoms with Crippen molar-refractivity contribution >= 4 is 18.0 Å². The van der Waals surface area contributed by atoms with E-state index in [1.807, 2.05) is 36.4 Å². The molecule has 6 nitrogen and oxygen atoms in total. The molecule has 3 aromatic carbocycles. The van der Waals surface area contributed by atoms with Crippen LogP contribution in [0.25, 0.3) is 6.08 Å². The van der Waals surface area contributed by atoms with Crippen LogP contribution in [0.2, 0.25) is 0 Å². The molecule has 3 aromatic rings. The second-order valence-corrected chi connectivity index (χ2v) is 7.21. The summed E-state index contributed by atoms with van der Waals surface area (Å²) in [6.07, 6.45) is 2.25. The van der Waals surface area contributed by atoms with E-state index < -0.39 is 5.91 Å². The Balaban J connectivity index is 1.52. The number of ether oxygens (including phenoxy) is 2. The minimum Gasteiger partial charge on any atom is -0.489 e. The molecule has 0 spiro atoms. The first-order valence-electron chi connectivity index (χ1n) is 10.4. The van der Waals surface area contributed by atoms with Crippen LogP contribution in [-0.4, -0.2) is 25.5 Å². The number of nitrogens with one attached hydrogen (secondary N) is 1. The van der Waals surface area contributed by atoms with Gasteiger partial charge in [-0.2, -0.15) is 5.26 Å². The number of amides is 1. The van der Waals surface area contributed by atoms with E-state index >= 15 is 0 Å². The summed E-state index contributed by atoms with van der Waals surface area (Å²) in [5.74, 6) is -0.132. The highest BCUT2D eigenvalue weighted by molar-refractivity contribution is 6.01. The average molecular weight is 440 g/mol. The van der Waals surface area contributed by atoms with Gasteiger partial charge in [0.1, 0.15) is 24.0 Å². The van der Waals surface area contributed by atoms with Crippen LogP contribution in [0.1, 0.15) is 27.0 Å². The lowest BCUT2D eigenvalue weighted by atomic mass is 10.1. The minimum atomic E-state index is -0.399. The van der Waals surface area contributed by atoms with E-state index in [-0.39, 0.29) is 11.5 Å². The van der Waals surface area contributed by atoms with Crippen molar-refractivity contribution in [3.05, 3.63) is 107 Å². The lowest BCUT2D eigenvalue weighted by Gasteiger charge is -2.08. The molecule has 166 valence electrons. The highest BCUT2D eigenvalue weighted by Gasteiger charge is 2.09. The van der Waals surface area contributed by atoms with Crippen molar-refractivity contribution in [1.29, 1.82) is 5.26 Å². The van der Waals surface area contributed by atoms with Crippen LogP contribution in [0.4, 0.5) is 0 Å². The fourth-order valence-electron chi connectivity index (χ4n) is 3.06. The quantitative estimate of drug-likeness (QED) is 0.304. The summed E-state index contributed by atoms with van der Waals surface area (Å²) < 4.78 is 10.5. The Hall–Kier alpha value is -4.37. The zero-order valence-electron chi connectivity index (χ0n) is 18.3. The number of carbonyl (C=O) groups is 2. The topological polar surface area (TPSA) is 88.4 Å². The SMILES string of the molecule is COC(=O)c1ccc(COc2ccc(/C=C(\C#N)C(=O)NCCc3ccccc3)cc2)cc1. The molecule has 0 aliphatic rings. The molecule has 0 aromatic heterocycles.